The average molecular weight is 471 g/mol. The van der Waals surface area contributed by atoms with Gasteiger partial charge in [0.1, 0.15) is 0 Å². The summed E-state index contributed by atoms with van der Waals surface area (Å²) in [5.74, 6) is -1.65. The zero-order valence-corrected chi connectivity index (χ0v) is 20.3. The molecular weight excluding hydrogens is 444 g/mol. The highest BCUT2D eigenvalue weighted by Gasteiger charge is 2.39. The Kier molecular flexibility index (Phi) is 7.04. The second-order valence-corrected chi connectivity index (χ2v) is 9.44. The Hall–Kier alpha value is -3.56. The molecule has 2 heterocycles. The first kappa shape index (κ1) is 23.6. The summed E-state index contributed by atoms with van der Waals surface area (Å²) in [7, 11) is 0. The van der Waals surface area contributed by atoms with Crippen molar-refractivity contribution in [1.82, 2.24) is 0 Å². The van der Waals surface area contributed by atoms with E-state index in [0.29, 0.717) is 29.0 Å². The molecule has 2 atom stereocenters. The summed E-state index contributed by atoms with van der Waals surface area (Å²) >= 11 is 1.50. The van der Waals surface area contributed by atoms with Crippen molar-refractivity contribution in [3.05, 3.63) is 81.7 Å². The van der Waals surface area contributed by atoms with Gasteiger partial charge >= 0.3 is 5.97 Å². The van der Waals surface area contributed by atoms with Gasteiger partial charge in [-0.3, -0.25) is 9.79 Å². The molecular formula is C28H26N2O3S. The third kappa shape index (κ3) is 4.44. The van der Waals surface area contributed by atoms with Crippen LogP contribution in [0.3, 0.4) is 0 Å². The first-order chi connectivity index (χ1) is 16.5. The van der Waals surface area contributed by atoms with E-state index in [1.807, 2.05) is 56.3 Å². The summed E-state index contributed by atoms with van der Waals surface area (Å²) in [5, 5.41) is 10.7. The molecule has 0 bridgehead atoms. The maximum absolute atomic E-state index is 13.2. The van der Waals surface area contributed by atoms with E-state index in [0.717, 1.165) is 33.5 Å². The molecule has 0 radical (unpaired) electrons. The molecule has 1 aliphatic rings. The minimum atomic E-state index is -0.634. The zero-order chi connectivity index (χ0) is 24.2. The quantitative estimate of drug-likeness (QED) is 0.315. The van der Waals surface area contributed by atoms with Crippen molar-refractivity contribution in [3.8, 4) is 16.5 Å². The lowest BCUT2D eigenvalue weighted by molar-refractivity contribution is -0.139. The summed E-state index contributed by atoms with van der Waals surface area (Å²) in [6.45, 7) is 5.94. The van der Waals surface area contributed by atoms with Crippen LogP contribution in [0.4, 0.5) is 0 Å². The molecule has 0 amide bonds. The topological polar surface area (TPSA) is 79.5 Å². The second kappa shape index (κ2) is 10.1. The lowest BCUT2D eigenvalue weighted by Gasteiger charge is -2.29. The molecule has 4 rings (SSSR count). The number of rotatable bonds is 6. The standard InChI is InChI=1S/C28H26N2O3S/c1-4-5-14-33-28(32)25-18(3)30-17(2)22(16-29)26(25)21-13-9-12-20-23(31)15-24(34-27(20)21)19-10-7-6-8-11-19/h6-13,15,22,26H,4-5,14H2,1-3H3. The van der Waals surface area contributed by atoms with E-state index in [1.165, 1.54) is 11.3 Å². The predicted molar refractivity (Wildman–Crippen MR) is 137 cm³/mol. The first-order valence-electron chi connectivity index (χ1n) is 11.4. The Labute approximate surface area is 203 Å². The minimum absolute atomic E-state index is 0.0862. The third-order valence-electron chi connectivity index (χ3n) is 6.10. The van der Waals surface area contributed by atoms with Crippen LogP contribution in [0.25, 0.3) is 20.5 Å². The van der Waals surface area contributed by atoms with Gasteiger partial charge in [-0.15, -0.1) is 11.3 Å². The van der Waals surface area contributed by atoms with Crippen LogP contribution in [0.1, 0.15) is 45.1 Å². The molecule has 0 aliphatic carbocycles. The molecule has 2 unspecified atom stereocenters. The normalized spacial score (nSPS) is 17.9. The number of unbranched alkanes of at least 4 members (excludes halogenated alkanes) is 1. The number of benzene rings is 2. The highest BCUT2D eigenvalue weighted by molar-refractivity contribution is 7.21. The highest BCUT2D eigenvalue weighted by Crippen LogP contribution is 2.43. The number of aliphatic imine (C=N–C) groups is 1. The number of esters is 1. The van der Waals surface area contributed by atoms with Crippen LogP contribution < -0.4 is 5.43 Å². The molecule has 1 aromatic heterocycles. The minimum Gasteiger partial charge on any atom is -0.462 e. The number of hydrogen-bond acceptors (Lipinski definition) is 6. The number of nitrogens with zero attached hydrogens (tertiary/aromatic N) is 2. The molecule has 0 saturated heterocycles. The highest BCUT2D eigenvalue weighted by atomic mass is 32.1. The Bertz CT molecular complexity index is 1400. The maximum Gasteiger partial charge on any atom is 0.336 e. The Morgan fingerprint density at radius 1 is 1.15 bits per heavy atom. The molecule has 3 aromatic rings. The summed E-state index contributed by atoms with van der Waals surface area (Å²) in [4.78, 5) is 31.7. The number of carbonyl (C=O) groups excluding carboxylic acids is 1. The largest absolute Gasteiger partial charge is 0.462 e. The van der Waals surface area contributed by atoms with E-state index in [4.69, 9.17) is 4.74 Å². The van der Waals surface area contributed by atoms with Crippen LogP contribution >= 0.6 is 11.3 Å². The summed E-state index contributed by atoms with van der Waals surface area (Å²) in [6, 6.07) is 19.3. The van der Waals surface area contributed by atoms with Gasteiger partial charge in [-0.1, -0.05) is 55.8 Å². The maximum atomic E-state index is 13.2. The summed E-state index contributed by atoms with van der Waals surface area (Å²) in [6.07, 6.45) is 1.68. The van der Waals surface area contributed by atoms with Crippen LogP contribution in [0.5, 0.6) is 0 Å². The monoisotopic (exact) mass is 470 g/mol. The predicted octanol–water partition coefficient (Wildman–Crippen LogP) is 6.24. The van der Waals surface area contributed by atoms with Gasteiger partial charge in [-0.05, 0) is 37.5 Å². The van der Waals surface area contributed by atoms with Crippen molar-refractivity contribution >= 4 is 33.1 Å². The molecule has 1 aliphatic heterocycles. The van der Waals surface area contributed by atoms with Crippen molar-refractivity contribution in [2.75, 3.05) is 6.61 Å². The van der Waals surface area contributed by atoms with Crippen LogP contribution in [0.15, 0.2) is 75.7 Å². The second-order valence-electron chi connectivity index (χ2n) is 8.39. The van der Waals surface area contributed by atoms with Crippen LogP contribution in [-0.2, 0) is 9.53 Å². The number of carbonyl (C=O) groups is 1. The SMILES string of the molecule is CCCCOC(=O)C1=C(C)N=C(C)C(C#N)C1c1cccc2c(=O)cc(-c3ccccc3)sc12. The third-order valence-corrected chi connectivity index (χ3v) is 7.33. The number of fused-ring (bicyclic) bond motifs is 1. The number of allylic oxidation sites excluding steroid dienone is 1. The van der Waals surface area contributed by atoms with Crippen molar-refractivity contribution in [2.24, 2.45) is 10.9 Å². The number of nitriles is 1. The van der Waals surface area contributed by atoms with Gasteiger partial charge in [0.25, 0.3) is 0 Å². The Morgan fingerprint density at radius 2 is 1.91 bits per heavy atom. The molecule has 5 nitrogen and oxygen atoms in total. The summed E-state index contributed by atoms with van der Waals surface area (Å²) < 4.78 is 6.35. The van der Waals surface area contributed by atoms with Gasteiger partial charge in [0.2, 0.25) is 0 Å². The van der Waals surface area contributed by atoms with Crippen molar-refractivity contribution in [3.63, 3.8) is 0 Å². The fourth-order valence-electron chi connectivity index (χ4n) is 4.38. The van der Waals surface area contributed by atoms with Gasteiger partial charge in [-0.2, -0.15) is 5.26 Å². The Balaban J connectivity index is 1.93. The molecule has 172 valence electrons. The Morgan fingerprint density at radius 3 is 2.62 bits per heavy atom. The molecule has 0 fully saturated rings. The molecule has 0 spiro atoms. The van der Waals surface area contributed by atoms with Crippen molar-refractivity contribution in [2.45, 2.75) is 39.5 Å². The fraction of sp³-hybridized carbons (Fsp3) is 0.286. The van der Waals surface area contributed by atoms with Gasteiger partial charge < -0.3 is 4.74 Å². The lowest BCUT2D eigenvalue weighted by atomic mass is 9.76. The van der Waals surface area contributed by atoms with Crippen molar-refractivity contribution < 1.29 is 9.53 Å². The average Bonchev–Trinajstić information content (AvgIpc) is 2.84. The van der Waals surface area contributed by atoms with E-state index >= 15 is 0 Å². The number of ether oxygens (including phenoxy) is 1. The molecule has 2 aromatic carbocycles. The van der Waals surface area contributed by atoms with E-state index in [2.05, 4.69) is 11.1 Å². The van der Waals surface area contributed by atoms with Crippen LogP contribution in [0.2, 0.25) is 0 Å². The first-order valence-corrected chi connectivity index (χ1v) is 12.2. The van der Waals surface area contributed by atoms with Crippen LogP contribution in [-0.4, -0.2) is 18.3 Å². The van der Waals surface area contributed by atoms with E-state index < -0.39 is 17.8 Å². The van der Waals surface area contributed by atoms with E-state index in [-0.39, 0.29) is 5.43 Å². The molecule has 0 N–H and O–H groups in total. The van der Waals surface area contributed by atoms with Crippen LogP contribution in [0, 0.1) is 17.2 Å². The molecule has 0 saturated carbocycles. The van der Waals surface area contributed by atoms with Gasteiger partial charge in [-0.25, -0.2) is 4.79 Å². The van der Waals surface area contributed by atoms with E-state index in [9.17, 15) is 14.9 Å². The zero-order valence-electron chi connectivity index (χ0n) is 19.5. The number of hydrogen-bond donors (Lipinski definition) is 0. The fourth-order valence-corrected chi connectivity index (χ4v) is 5.61. The van der Waals surface area contributed by atoms with Crippen molar-refractivity contribution in [1.29, 1.82) is 5.26 Å². The van der Waals surface area contributed by atoms with Gasteiger partial charge in [0.15, 0.2) is 5.43 Å². The van der Waals surface area contributed by atoms with Gasteiger partial charge in [0.05, 0.1) is 24.2 Å². The molecule has 34 heavy (non-hydrogen) atoms. The smallest absolute Gasteiger partial charge is 0.336 e. The summed E-state index contributed by atoms with van der Waals surface area (Å²) in [5.41, 5.74) is 3.24. The molecule has 6 heteroatoms. The van der Waals surface area contributed by atoms with Gasteiger partial charge in [0, 0.05) is 38.4 Å². The van der Waals surface area contributed by atoms with E-state index in [1.54, 1.807) is 19.1 Å². The lowest BCUT2D eigenvalue weighted by Crippen LogP contribution is -2.29.